The summed E-state index contributed by atoms with van der Waals surface area (Å²) in [6, 6.07) is 0. The van der Waals surface area contributed by atoms with Gasteiger partial charge in [0.1, 0.15) is 0 Å². The molecule has 0 aromatic carbocycles. The zero-order valence-corrected chi connectivity index (χ0v) is 18.4. The van der Waals surface area contributed by atoms with Crippen molar-refractivity contribution in [1.82, 2.24) is 0 Å². The number of aliphatic carboxylic acids is 1. The highest BCUT2D eigenvalue weighted by Crippen LogP contribution is 2.72. The zero-order chi connectivity index (χ0) is 22.8. The summed E-state index contributed by atoms with van der Waals surface area (Å²) in [5.41, 5.74) is -4.43. The molecule has 171 valence electrons. The number of ether oxygens (including phenoxy) is 1. The molecular formula is C24H32FO6. The first-order valence-corrected chi connectivity index (χ1v) is 11.3. The van der Waals surface area contributed by atoms with Crippen molar-refractivity contribution in [3.63, 3.8) is 0 Å². The van der Waals surface area contributed by atoms with Crippen LogP contribution in [0.3, 0.4) is 0 Å². The largest absolute Gasteiger partial charge is 0.481 e. The molecule has 0 saturated heterocycles. The van der Waals surface area contributed by atoms with E-state index in [9.17, 15) is 24.9 Å². The van der Waals surface area contributed by atoms with Crippen molar-refractivity contribution in [2.45, 2.75) is 77.5 Å². The third-order valence-electron chi connectivity index (χ3n) is 9.38. The molecule has 4 aliphatic rings. The lowest BCUT2D eigenvalue weighted by molar-refractivity contribution is -0.211. The van der Waals surface area contributed by atoms with Gasteiger partial charge in [0.05, 0.1) is 11.5 Å². The second-order valence-corrected chi connectivity index (χ2v) is 10.3. The second kappa shape index (κ2) is 7.14. The molecule has 0 aliphatic heterocycles. The van der Waals surface area contributed by atoms with E-state index in [1.165, 1.54) is 12.2 Å². The van der Waals surface area contributed by atoms with Crippen LogP contribution in [0.4, 0.5) is 4.39 Å². The van der Waals surface area contributed by atoms with Crippen LogP contribution in [0.25, 0.3) is 0 Å². The number of fused-ring (bicyclic) bond motifs is 5. The first-order valence-electron chi connectivity index (χ1n) is 11.3. The predicted octanol–water partition coefficient (Wildman–Crippen LogP) is 3.96. The Morgan fingerprint density at radius 1 is 1.29 bits per heavy atom. The van der Waals surface area contributed by atoms with Gasteiger partial charge in [0, 0.05) is 11.3 Å². The molecule has 31 heavy (non-hydrogen) atoms. The number of carboxylic acid groups (broad SMARTS) is 1. The van der Waals surface area contributed by atoms with Crippen molar-refractivity contribution >= 4 is 11.8 Å². The summed E-state index contributed by atoms with van der Waals surface area (Å²) in [7, 11) is 0. The van der Waals surface area contributed by atoms with Gasteiger partial charge in [-0.05, 0) is 68.9 Å². The normalized spacial score (nSPS) is 46.4. The van der Waals surface area contributed by atoms with E-state index in [1.54, 1.807) is 6.92 Å². The van der Waals surface area contributed by atoms with Crippen molar-refractivity contribution < 1.29 is 34.0 Å². The number of halogens is 1. The van der Waals surface area contributed by atoms with Gasteiger partial charge in [0.25, 0.3) is 0 Å². The fraction of sp³-hybridized carbons (Fsp3) is 0.750. The van der Waals surface area contributed by atoms with Crippen LogP contribution in [0.15, 0.2) is 23.5 Å². The number of carbonyl (C=O) groups is 2. The maximum Gasteiger partial charge on any atom is 0.310 e. The predicted molar refractivity (Wildman–Crippen MR) is 109 cm³/mol. The number of ketones is 1. The maximum atomic E-state index is 17.2. The Labute approximate surface area is 182 Å². The number of carbonyl (C=O) groups excluding carboxylic acids is 1. The molecule has 7 heteroatoms. The van der Waals surface area contributed by atoms with Gasteiger partial charge in [-0.2, -0.15) is 5.11 Å². The topological polar surface area (TPSA) is 104 Å². The molecule has 1 radical (unpaired) electrons. The molecule has 0 spiro atoms. The molecule has 3 saturated carbocycles. The minimum Gasteiger partial charge on any atom is -0.481 e. The van der Waals surface area contributed by atoms with Gasteiger partial charge in [-0.3, -0.25) is 9.59 Å². The summed E-state index contributed by atoms with van der Waals surface area (Å²) in [4.78, 5) is 24.8. The second-order valence-electron chi connectivity index (χ2n) is 10.3. The highest BCUT2D eigenvalue weighted by Gasteiger charge is 2.74. The van der Waals surface area contributed by atoms with E-state index in [0.717, 1.165) is 0 Å². The van der Waals surface area contributed by atoms with Gasteiger partial charge in [-0.15, -0.1) is 0 Å². The zero-order valence-electron chi connectivity index (χ0n) is 18.4. The van der Waals surface area contributed by atoms with Gasteiger partial charge in [-0.1, -0.05) is 25.8 Å². The number of carboxylic acids is 1. The number of hydrogen-bond donors (Lipinski definition) is 2. The molecule has 0 aromatic heterocycles. The Hall–Kier alpha value is -1.73. The Morgan fingerprint density at radius 2 is 2.00 bits per heavy atom. The van der Waals surface area contributed by atoms with Crippen molar-refractivity contribution in [2.24, 2.45) is 28.1 Å². The average Bonchev–Trinajstić information content (AvgIpc) is 2.98. The Balaban J connectivity index is 1.82. The molecule has 3 fully saturated rings. The molecule has 6 nitrogen and oxygen atoms in total. The van der Waals surface area contributed by atoms with Crippen molar-refractivity contribution in [3.8, 4) is 0 Å². The van der Waals surface area contributed by atoms with Crippen LogP contribution >= 0.6 is 0 Å². The van der Waals surface area contributed by atoms with Crippen LogP contribution in [0, 0.1) is 28.1 Å². The summed E-state index contributed by atoms with van der Waals surface area (Å²) in [5, 5.41) is 32.6. The Kier molecular flexibility index (Phi) is 5.17. The Bertz CT molecular complexity index is 866. The standard InChI is InChI=1S/C24H32FO6/c1-4-8-23(20(29)30)9-7-15-16-6-5-14-10-17(27)18(31-13-26)11-21(14,2)24(16,25)19(28)12-22(15,23)3/h10-11,15-16,19,28H,4-9,12-13H2,1-3H3,(H,29,30)/t15?,16?,19-,21-,22-,23+,24-/m0/s1. The number of allylic oxidation sites excluding steroid dienone is 3. The molecule has 0 bridgehead atoms. The summed E-state index contributed by atoms with van der Waals surface area (Å²) < 4.78 is 22.1. The SMILES string of the molecule is CCC[C@]1(C(=O)O)CCC2C3CCC4=CC(=O)C(OC[O])=C[C@]4(C)[C@@]3(F)[C@@H](O)C[C@@]21C. The lowest BCUT2D eigenvalue weighted by Gasteiger charge is -2.63. The lowest BCUT2D eigenvalue weighted by atomic mass is 9.43. The van der Waals surface area contributed by atoms with Gasteiger partial charge >= 0.3 is 5.97 Å². The van der Waals surface area contributed by atoms with Crippen LogP contribution in [-0.2, 0) is 19.4 Å². The number of hydrogen-bond acceptors (Lipinski definition) is 4. The molecular weight excluding hydrogens is 403 g/mol. The molecule has 0 heterocycles. The van der Waals surface area contributed by atoms with Crippen LogP contribution in [0.5, 0.6) is 0 Å². The molecule has 4 aliphatic carbocycles. The van der Waals surface area contributed by atoms with Crippen LogP contribution in [0.1, 0.15) is 65.7 Å². The summed E-state index contributed by atoms with van der Waals surface area (Å²) in [6.07, 6.45) is 4.67. The smallest absolute Gasteiger partial charge is 0.310 e. The van der Waals surface area contributed by atoms with Crippen molar-refractivity contribution in [3.05, 3.63) is 23.5 Å². The highest BCUT2D eigenvalue weighted by molar-refractivity contribution is 6.04. The van der Waals surface area contributed by atoms with E-state index in [4.69, 9.17) is 4.74 Å². The monoisotopic (exact) mass is 435 g/mol. The number of rotatable bonds is 5. The summed E-state index contributed by atoms with van der Waals surface area (Å²) in [5.74, 6) is -2.20. The number of aliphatic hydroxyl groups excluding tert-OH is 1. The van der Waals surface area contributed by atoms with Crippen molar-refractivity contribution in [1.29, 1.82) is 0 Å². The van der Waals surface area contributed by atoms with E-state index in [1.807, 2.05) is 13.8 Å². The average molecular weight is 436 g/mol. The molecule has 0 aromatic rings. The first-order chi connectivity index (χ1) is 14.5. The van der Waals surface area contributed by atoms with Gasteiger partial charge < -0.3 is 14.9 Å². The van der Waals surface area contributed by atoms with Crippen LogP contribution in [-0.4, -0.2) is 40.5 Å². The molecule has 0 amide bonds. The van der Waals surface area contributed by atoms with E-state index < -0.39 is 52.5 Å². The highest BCUT2D eigenvalue weighted by atomic mass is 19.1. The first kappa shape index (κ1) is 22.5. The number of alkyl halides is 1. The fourth-order valence-electron chi connectivity index (χ4n) is 7.86. The van der Waals surface area contributed by atoms with Crippen molar-refractivity contribution in [2.75, 3.05) is 6.79 Å². The minimum absolute atomic E-state index is 0.0549. The van der Waals surface area contributed by atoms with Crippen LogP contribution in [0.2, 0.25) is 0 Å². The third kappa shape index (κ3) is 2.62. The van der Waals surface area contributed by atoms with Gasteiger partial charge in [0.2, 0.25) is 12.6 Å². The van der Waals surface area contributed by atoms with E-state index in [0.29, 0.717) is 44.1 Å². The fourth-order valence-corrected chi connectivity index (χ4v) is 7.86. The third-order valence-corrected chi connectivity index (χ3v) is 9.38. The quantitative estimate of drug-likeness (QED) is 0.636. The lowest BCUT2D eigenvalue weighted by Crippen LogP contribution is -2.68. The van der Waals surface area contributed by atoms with Gasteiger partial charge in [0.15, 0.2) is 11.4 Å². The maximum absolute atomic E-state index is 17.2. The molecule has 7 atom stereocenters. The molecule has 2 N–H and O–H groups in total. The van der Waals surface area contributed by atoms with Gasteiger partial charge in [-0.25, -0.2) is 4.39 Å². The van der Waals surface area contributed by atoms with E-state index in [2.05, 4.69) is 0 Å². The Morgan fingerprint density at radius 3 is 2.61 bits per heavy atom. The van der Waals surface area contributed by atoms with E-state index >= 15 is 4.39 Å². The minimum atomic E-state index is -2.07. The summed E-state index contributed by atoms with van der Waals surface area (Å²) in [6.45, 7) is 4.61. The van der Waals surface area contributed by atoms with E-state index in [-0.39, 0.29) is 18.1 Å². The van der Waals surface area contributed by atoms with Crippen LogP contribution < -0.4 is 0 Å². The summed E-state index contributed by atoms with van der Waals surface area (Å²) >= 11 is 0. The number of aliphatic hydroxyl groups is 1. The molecule has 4 rings (SSSR count). The molecule has 2 unspecified atom stereocenters.